The fourth-order valence-electron chi connectivity index (χ4n) is 3.32. The minimum atomic E-state index is -3.60. The average molecular weight is 388 g/mol. The normalized spacial score (nSPS) is 18.0. The number of hydrogen-bond donors (Lipinski definition) is 0. The summed E-state index contributed by atoms with van der Waals surface area (Å²) in [6, 6.07) is 17.1. The van der Waals surface area contributed by atoms with Crippen molar-refractivity contribution < 1.29 is 13.2 Å². The molecule has 3 aromatic rings. The first-order valence-corrected chi connectivity index (χ1v) is 11.1. The summed E-state index contributed by atoms with van der Waals surface area (Å²) in [5.41, 5.74) is 0. The smallest absolute Gasteiger partial charge is 0.243 e. The Labute approximate surface area is 158 Å². The molecule has 2 aromatic carbocycles. The standard InChI is InChI=1S/C20H21NO3S2/c22-26(23,20-10-9-16-5-1-2-6-17(16)13-20)21(14-18-7-3-11-24-18)15-19-8-4-12-25-19/h1-2,4-6,8-10,12-13,18H,3,7,11,14-15H2/t18-/m1/s1. The molecule has 0 N–H and O–H groups in total. The van der Waals surface area contributed by atoms with E-state index in [4.69, 9.17) is 4.74 Å². The van der Waals surface area contributed by atoms with Crippen molar-refractivity contribution in [1.29, 1.82) is 0 Å². The van der Waals surface area contributed by atoms with Crippen LogP contribution in [-0.4, -0.2) is 32.0 Å². The van der Waals surface area contributed by atoms with Crippen LogP contribution in [0.5, 0.6) is 0 Å². The SMILES string of the molecule is O=S(=O)(c1ccc2ccccc2c1)N(Cc1cccs1)C[C@H]1CCCO1. The summed E-state index contributed by atoms with van der Waals surface area (Å²) in [4.78, 5) is 1.37. The number of nitrogens with zero attached hydrogens (tertiary/aromatic N) is 1. The van der Waals surface area contributed by atoms with E-state index in [0.29, 0.717) is 24.6 Å². The molecule has 2 heterocycles. The van der Waals surface area contributed by atoms with E-state index in [1.807, 2.05) is 47.8 Å². The molecule has 0 spiro atoms. The molecule has 1 atom stereocenters. The maximum absolute atomic E-state index is 13.4. The summed E-state index contributed by atoms with van der Waals surface area (Å²) in [6.07, 6.45) is 1.88. The number of hydrogen-bond acceptors (Lipinski definition) is 4. The second-order valence-corrected chi connectivity index (χ2v) is 9.49. The number of thiophene rings is 1. The van der Waals surface area contributed by atoms with Crippen LogP contribution in [0.4, 0.5) is 0 Å². The molecule has 0 saturated carbocycles. The molecule has 1 fully saturated rings. The van der Waals surface area contributed by atoms with Crippen molar-refractivity contribution in [3.8, 4) is 0 Å². The lowest BCUT2D eigenvalue weighted by molar-refractivity contribution is 0.0927. The molecule has 136 valence electrons. The molecule has 0 bridgehead atoms. The van der Waals surface area contributed by atoms with Gasteiger partial charge in [-0.2, -0.15) is 4.31 Å². The Morgan fingerprint density at radius 2 is 1.92 bits per heavy atom. The first kappa shape index (κ1) is 17.7. The molecule has 1 aliphatic heterocycles. The van der Waals surface area contributed by atoms with Gasteiger partial charge in [0.15, 0.2) is 0 Å². The Hall–Kier alpha value is -1.73. The Morgan fingerprint density at radius 3 is 2.65 bits per heavy atom. The van der Waals surface area contributed by atoms with Gasteiger partial charge in [-0.3, -0.25) is 0 Å². The lowest BCUT2D eigenvalue weighted by Gasteiger charge is -2.24. The highest BCUT2D eigenvalue weighted by Crippen LogP contribution is 2.26. The van der Waals surface area contributed by atoms with Crippen LogP contribution < -0.4 is 0 Å². The highest BCUT2D eigenvalue weighted by Gasteiger charge is 2.29. The summed E-state index contributed by atoms with van der Waals surface area (Å²) in [5.74, 6) is 0. The van der Waals surface area contributed by atoms with Crippen LogP contribution >= 0.6 is 11.3 Å². The van der Waals surface area contributed by atoms with Gasteiger partial charge in [-0.25, -0.2) is 8.42 Å². The van der Waals surface area contributed by atoms with Gasteiger partial charge in [0.1, 0.15) is 0 Å². The quantitative estimate of drug-likeness (QED) is 0.634. The zero-order valence-electron chi connectivity index (χ0n) is 14.4. The maximum Gasteiger partial charge on any atom is 0.243 e. The lowest BCUT2D eigenvalue weighted by Crippen LogP contribution is -2.36. The highest BCUT2D eigenvalue weighted by molar-refractivity contribution is 7.89. The van der Waals surface area contributed by atoms with Crippen molar-refractivity contribution >= 4 is 32.1 Å². The van der Waals surface area contributed by atoms with Crippen LogP contribution in [0, 0.1) is 0 Å². The molecule has 1 aromatic heterocycles. The molecule has 0 amide bonds. The summed E-state index contributed by atoms with van der Waals surface area (Å²) >= 11 is 1.58. The van der Waals surface area contributed by atoms with Crippen molar-refractivity contribution in [2.24, 2.45) is 0 Å². The van der Waals surface area contributed by atoms with E-state index >= 15 is 0 Å². The van der Waals surface area contributed by atoms with Gasteiger partial charge in [-0.15, -0.1) is 11.3 Å². The van der Waals surface area contributed by atoms with E-state index in [0.717, 1.165) is 28.5 Å². The first-order valence-electron chi connectivity index (χ1n) is 8.76. The zero-order valence-corrected chi connectivity index (χ0v) is 16.0. The van der Waals surface area contributed by atoms with E-state index < -0.39 is 10.0 Å². The minimum Gasteiger partial charge on any atom is -0.377 e. The number of sulfonamides is 1. The number of ether oxygens (including phenoxy) is 1. The van der Waals surface area contributed by atoms with Gasteiger partial charge in [0.05, 0.1) is 11.0 Å². The monoisotopic (exact) mass is 387 g/mol. The predicted molar refractivity (Wildman–Crippen MR) is 105 cm³/mol. The Bertz CT molecular complexity index is 977. The van der Waals surface area contributed by atoms with Gasteiger partial charge in [0.25, 0.3) is 0 Å². The van der Waals surface area contributed by atoms with Gasteiger partial charge in [0, 0.05) is 24.6 Å². The van der Waals surface area contributed by atoms with Crippen LogP contribution in [0.2, 0.25) is 0 Å². The van der Waals surface area contributed by atoms with Gasteiger partial charge >= 0.3 is 0 Å². The fraction of sp³-hybridized carbons (Fsp3) is 0.300. The number of benzene rings is 2. The van der Waals surface area contributed by atoms with E-state index in [1.165, 1.54) is 0 Å². The summed E-state index contributed by atoms with van der Waals surface area (Å²) < 4.78 is 34.0. The molecule has 0 unspecified atom stereocenters. The predicted octanol–water partition coefficient (Wildman–Crippen LogP) is 4.27. The van der Waals surface area contributed by atoms with Crippen LogP contribution in [0.3, 0.4) is 0 Å². The largest absolute Gasteiger partial charge is 0.377 e. The topological polar surface area (TPSA) is 46.6 Å². The molecule has 0 aliphatic carbocycles. The van der Waals surface area contributed by atoms with E-state index in [-0.39, 0.29) is 6.10 Å². The van der Waals surface area contributed by atoms with Crippen LogP contribution in [0.15, 0.2) is 64.9 Å². The third kappa shape index (κ3) is 3.69. The van der Waals surface area contributed by atoms with E-state index in [1.54, 1.807) is 27.8 Å². The lowest BCUT2D eigenvalue weighted by atomic mass is 10.1. The van der Waals surface area contributed by atoms with Crippen molar-refractivity contribution in [2.45, 2.75) is 30.4 Å². The first-order chi connectivity index (χ1) is 12.6. The van der Waals surface area contributed by atoms with Crippen molar-refractivity contribution in [1.82, 2.24) is 4.31 Å². The molecule has 6 heteroatoms. The van der Waals surface area contributed by atoms with E-state index in [2.05, 4.69) is 0 Å². The summed E-state index contributed by atoms with van der Waals surface area (Å²) in [6.45, 7) is 1.49. The Kier molecular flexibility index (Phi) is 5.09. The molecule has 1 aliphatic rings. The Morgan fingerprint density at radius 1 is 1.08 bits per heavy atom. The zero-order chi connectivity index (χ0) is 18.0. The van der Waals surface area contributed by atoms with E-state index in [9.17, 15) is 8.42 Å². The second kappa shape index (κ2) is 7.48. The maximum atomic E-state index is 13.4. The van der Waals surface area contributed by atoms with Gasteiger partial charge in [-0.1, -0.05) is 36.4 Å². The second-order valence-electron chi connectivity index (χ2n) is 6.52. The van der Waals surface area contributed by atoms with Crippen LogP contribution in [0.25, 0.3) is 10.8 Å². The highest BCUT2D eigenvalue weighted by atomic mass is 32.2. The van der Waals surface area contributed by atoms with Gasteiger partial charge in [-0.05, 0) is 47.2 Å². The summed E-state index contributed by atoms with van der Waals surface area (Å²) in [5, 5.41) is 3.94. The van der Waals surface area contributed by atoms with Gasteiger partial charge < -0.3 is 4.74 Å². The third-order valence-electron chi connectivity index (χ3n) is 4.70. The molecule has 26 heavy (non-hydrogen) atoms. The molecular formula is C20H21NO3S2. The minimum absolute atomic E-state index is 0.0230. The molecular weight excluding hydrogens is 366 g/mol. The van der Waals surface area contributed by atoms with Crippen molar-refractivity contribution in [3.63, 3.8) is 0 Å². The number of fused-ring (bicyclic) bond motifs is 1. The van der Waals surface area contributed by atoms with Crippen LogP contribution in [-0.2, 0) is 21.3 Å². The molecule has 0 radical (unpaired) electrons. The fourth-order valence-corrected chi connectivity index (χ4v) is 5.60. The van der Waals surface area contributed by atoms with Gasteiger partial charge in [0.2, 0.25) is 10.0 Å². The average Bonchev–Trinajstić information content (AvgIpc) is 3.35. The van der Waals surface area contributed by atoms with Crippen molar-refractivity contribution in [3.05, 3.63) is 64.9 Å². The molecule has 1 saturated heterocycles. The Balaban J connectivity index is 1.68. The van der Waals surface area contributed by atoms with Crippen LogP contribution in [0.1, 0.15) is 17.7 Å². The molecule has 4 rings (SSSR count). The molecule has 4 nitrogen and oxygen atoms in total. The number of rotatable bonds is 6. The summed E-state index contributed by atoms with van der Waals surface area (Å²) in [7, 11) is -3.60. The van der Waals surface area contributed by atoms with Crippen molar-refractivity contribution in [2.75, 3.05) is 13.2 Å². The third-order valence-corrected chi connectivity index (χ3v) is 7.37.